The fraction of sp³-hybridized carbons (Fsp3) is 0.613. The van der Waals surface area contributed by atoms with Crippen molar-refractivity contribution in [2.75, 3.05) is 88.8 Å². The number of phenolic OH excluding ortho intramolecular Hbond substituents is 2. The van der Waals surface area contributed by atoms with Crippen molar-refractivity contribution in [3.8, 4) is 23.0 Å². The number of phenols is 2. The highest BCUT2D eigenvalue weighted by atomic mass is 32.2. The summed E-state index contributed by atoms with van der Waals surface area (Å²) in [5, 5.41) is 19.7. The second-order valence-electron chi connectivity index (χ2n) is 21.6. The number of alkyl halides is 10. The van der Waals surface area contributed by atoms with Crippen molar-refractivity contribution in [1.29, 1.82) is 0 Å². The van der Waals surface area contributed by atoms with Crippen molar-refractivity contribution in [2.45, 2.75) is 160 Å². The third kappa shape index (κ3) is 22.0. The van der Waals surface area contributed by atoms with Crippen molar-refractivity contribution in [2.24, 2.45) is 0 Å². The van der Waals surface area contributed by atoms with Crippen molar-refractivity contribution < 1.29 is 82.5 Å². The number of hydrogen-bond acceptors (Lipinski definition) is 12. The quantitative estimate of drug-likeness (QED) is 0.0258. The molecule has 4 aromatic carbocycles. The lowest BCUT2D eigenvalue weighted by molar-refractivity contribution is -0.284. The van der Waals surface area contributed by atoms with Crippen LogP contribution in [0.1, 0.15) is 138 Å². The van der Waals surface area contributed by atoms with E-state index in [0.717, 1.165) is 92.1 Å². The lowest BCUT2D eigenvalue weighted by Gasteiger charge is -2.43. The van der Waals surface area contributed by atoms with Gasteiger partial charge in [0.15, 0.2) is 13.6 Å². The molecule has 6 rings (SSSR count). The minimum atomic E-state index is -5.48. The first-order valence-electron chi connectivity index (χ1n) is 28.5. The Morgan fingerprint density at radius 1 is 0.476 bits per heavy atom. The van der Waals surface area contributed by atoms with Gasteiger partial charge in [-0.2, -0.15) is 67.4 Å². The molecule has 0 aromatic heterocycles. The molecule has 2 N–H and O–H groups in total. The van der Waals surface area contributed by atoms with Crippen LogP contribution in [-0.4, -0.2) is 123 Å². The van der Waals surface area contributed by atoms with Crippen LogP contribution in [0.4, 0.5) is 43.9 Å². The molecule has 0 fully saturated rings. The van der Waals surface area contributed by atoms with E-state index in [4.69, 9.17) is 28.4 Å². The molecule has 0 spiro atoms. The molecule has 8 nitrogen and oxygen atoms in total. The van der Waals surface area contributed by atoms with Gasteiger partial charge in [-0.25, -0.2) is 0 Å². The maximum absolute atomic E-state index is 12.9. The Balaban J connectivity index is 0.000000310. The fourth-order valence-corrected chi connectivity index (χ4v) is 14.8. The molecule has 2 aliphatic heterocycles. The standard InChI is InChI=1S/C33H45F5O5S2.C29H37F5O3S2/c1-31(25-10-12-26(13-11-25)42-23-39-2)22-45-30-21-27(43-24-40-3)14-15-28(30)29(31)9-6-4-5-7-17-41-18-20-44-19-8-16-32(34,35)33(36,37)38;1-27(21-8-10-22(35)11-9-21)20-39-26-19-23(36)12-13-24(26)25(27)7-4-2-3-5-15-37-16-18-38-17-6-14-28(30,31)29(32,33)34/h10-15,21,29H,4-9,16-20,22-24H2,1-3H3;8-13,19,25,35-36H,2-7,14-18,20H2,1H3/t;25-,27-/m.1/s1. The van der Waals surface area contributed by atoms with E-state index >= 15 is 0 Å². The highest BCUT2D eigenvalue weighted by Crippen LogP contribution is 2.54. The highest BCUT2D eigenvalue weighted by Gasteiger charge is 2.57. The van der Waals surface area contributed by atoms with Crippen LogP contribution in [0.25, 0.3) is 0 Å². The minimum Gasteiger partial charge on any atom is -0.508 e. The molecule has 4 atom stereocenters. The molecule has 0 aliphatic carbocycles. The van der Waals surface area contributed by atoms with Crippen molar-refractivity contribution >= 4 is 47.0 Å². The van der Waals surface area contributed by atoms with E-state index in [-0.39, 0.29) is 66.2 Å². The maximum atomic E-state index is 12.9. The molecule has 2 unspecified atom stereocenters. The van der Waals surface area contributed by atoms with E-state index in [0.29, 0.717) is 43.9 Å². The lowest BCUT2D eigenvalue weighted by Crippen LogP contribution is -2.36. The van der Waals surface area contributed by atoms with Crippen molar-refractivity contribution in [3.05, 3.63) is 107 Å². The molecule has 2 heterocycles. The van der Waals surface area contributed by atoms with E-state index in [9.17, 15) is 54.1 Å². The second-order valence-corrected chi connectivity index (χ2v) is 26.1. The van der Waals surface area contributed by atoms with Crippen LogP contribution in [-0.2, 0) is 29.8 Å². The van der Waals surface area contributed by atoms with Gasteiger partial charge in [0.25, 0.3) is 0 Å². The summed E-state index contributed by atoms with van der Waals surface area (Å²) in [4.78, 5) is 2.36. The van der Waals surface area contributed by atoms with E-state index in [1.165, 1.54) is 50.7 Å². The van der Waals surface area contributed by atoms with Gasteiger partial charge in [0.05, 0.1) is 13.2 Å². The zero-order valence-corrected chi connectivity index (χ0v) is 51.6. The minimum absolute atomic E-state index is 0.0736. The molecule has 0 saturated carbocycles. The number of aromatic hydroxyl groups is 2. The van der Waals surface area contributed by atoms with Gasteiger partial charge in [0.2, 0.25) is 0 Å². The number of unbranched alkanes of at least 4 members (excludes halogenated alkanes) is 6. The highest BCUT2D eigenvalue weighted by molar-refractivity contribution is 8.00. The molecule has 0 amide bonds. The number of halogens is 10. The average molecular weight is 1270 g/mol. The molecular weight excluding hydrogens is 1190 g/mol. The van der Waals surface area contributed by atoms with Gasteiger partial charge in [0, 0.05) is 83.9 Å². The number of hydrogen-bond donors (Lipinski definition) is 2. The Morgan fingerprint density at radius 3 is 1.35 bits per heavy atom. The van der Waals surface area contributed by atoms with Crippen LogP contribution in [0.5, 0.6) is 23.0 Å². The van der Waals surface area contributed by atoms with Crippen molar-refractivity contribution in [1.82, 2.24) is 0 Å². The molecule has 0 saturated heterocycles. The Morgan fingerprint density at radius 2 is 0.881 bits per heavy atom. The van der Waals surface area contributed by atoms with Crippen LogP contribution in [0, 0.1) is 0 Å². The summed E-state index contributed by atoms with van der Waals surface area (Å²) in [7, 11) is 3.21. The number of rotatable bonds is 36. The summed E-state index contributed by atoms with van der Waals surface area (Å²) < 4.78 is 157. The van der Waals surface area contributed by atoms with E-state index < -0.39 is 37.0 Å². The number of methoxy groups -OCH3 is 2. The van der Waals surface area contributed by atoms with Crippen LogP contribution in [0.15, 0.2) is 94.7 Å². The fourth-order valence-electron chi connectivity index (χ4n) is 10.4. The summed E-state index contributed by atoms with van der Waals surface area (Å²) in [5.74, 6) is -3.06. The van der Waals surface area contributed by atoms with Gasteiger partial charge in [-0.15, -0.1) is 23.5 Å². The zero-order valence-electron chi connectivity index (χ0n) is 48.4. The van der Waals surface area contributed by atoms with E-state index in [2.05, 4.69) is 38.1 Å². The van der Waals surface area contributed by atoms with Crippen LogP contribution >= 0.6 is 47.0 Å². The molecule has 4 aromatic rings. The summed E-state index contributed by atoms with van der Waals surface area (Å²) in [6, 6.07) is 27.8. The molecule has 2 aliphatic rings. The number of ether oxygens (including phenoxy) is 6. The normalized spacial score (nSPS) is 19.1. The average Bonchev–Trinajstić information content (AvgIpc) is 1.56. The van der Waals surface area contributed by atoms with Gasteiger partial charge in [0.1, 0.15) is 23.0 Å². The Bertz CT molecular complexity index is 2510. The first-order valence-corrected chi connectivity index (χ1v) is 32.8. The molecule has 0 radical (unpaired) electrons. The summed E-state index contributed by atoms with van der Waals surface area (Å²) in [6.07, 6.45) is -3.53. The van der Waals surface area contributed by atoms with E-state index in [1.807, 2.05) is 54.2 Å². The Labute approximate surface area is 506 Å². The maximum Gasteiger partial charge on any atom is 0.453 e. The van der Waals surface area contributed by atoms with Gasteiger partial charge in [-0.1, -0.05) is 88.8 Å². The third-order valence-corrected chi connectivity index (χ3v) is 20.1. The molecule has 84 heavy (non-hydrogen) atoms. The monoisotopic (exact) mass is 1270 g/mol. The molecule has 22 heteroatoms. The van der Waals surface area contributed by atoms with Crippen LogP contribution < -0.4 is 9.47 Å². The third-order valence-electron chi connectivity index (χ3n) is 15.2. The van der Waals surface area contributed by atoms with Gasteiger partial charge in [-0.3, -0.25) is 0 Å². The SMILES string of the molecule is COCOc1ccc(C2(C)CSc3cc(OCOC)ccc3C2CCCCCCOCCSCCCC(F)(F)C(F)(F)F)cc1.C[C@]1(c2ccc(O)cc2)CSc2cc(O)ccc2[C@H]1CCCCCCOCCSCCCC(F)(F)C(F)(F)F. The van der Waals surface area contributed by atoms with Gasteiger partial charge in [-0.05, 0) is 133 Å². The predicted octanol–water partition coefficient (Wildman–Crippen LogP) is 18.4. The van der Waals surface area contributed by atoms with Crippen molar-refractivity contribution in [3.63, 3.8) is 0 Å². The molecule has 472 valence electrons. The smallest absolute Gasteiger partial charge is 0.453 e. The second kappa shape index (κ2) is 35.0. The summed E-state index contributed by atoms with van der Waals surface area (Å²) >= 11 is 6.28. The van der Waals surface area contributed by atoms with Crippen LogP contribution in [0.2, 0.25) is 0 Å². The number of thioether (sulfide) groups is 4. The number of benzene rings is 4. The molecular formula is C62H82F10O8S4. The van der Waals surface area contributed by atoms with E-state index in [1.54, 1.807) is 44.2 Å². The zero-order chi connectivity index (χ0) is 61.3. The van der Waals surface area contributed by atoms with Gasteiger partial charge >= 0.3 is 24.2 Å². The summed E-state index contributed by atoms with van der Waals surface area (Å²) in [6.45, 7) is 7.15. The summed E-state index contributed by atoms with van der Waals surface area (Å²) in [5.41, 5.74) is 4.87. The predicted molar refractivity (Wildman–Crippen MR) is 319 cm³/mol. The topological polar surface area (TPSA) is 95.8 Å². The first kappa shape index (κ1) is 71.4. The Hall–Kier alpha value is -3.38. The van der Waals surface area contributed by atoms with Crippen LogP contribution in [0.3, 0.4) is 0 Å². The molecule has 0 bridgehead atoms. The Kier molecular flexibility index (Phi) is 29.7. The van der Waals surface area contributed by atoms with Gasteiger partial charge < -0.3 is 38.6 Å². The largest absolute Gasteiger partial charge is 0.508 e. The first-order chi connectivity index (χ1) is 40.0. The lowest BCUT2D eigenvalue weighted by atomic mass is 9.68. The number of fused-ring (bicyclic) bond motifs is 2.